The molecular formula is C27H24N2O4S2. The summed E-state index contributed by atoms with van der Waals surface area (Å²) in [5, 5.41) is 1.11. The molecule has 1 saturated heterocycles. The molecule has 0 aromatic heterocycles. The Morgan fingerprint density at radius 3 is 2.46 bits per heavy atom. The Morgan fingerprint density at radius 1 is 1.03 bits per heavy atom. The second-order valence-corrected chi connectivity index (χ2v) is 9.57. The maximum atomic E-state index is 13.0. The monoisotopic (exact) mass is 504 g/mol. The van der Waals surface area contributed by atoms with Crippen LogP contribution >= 0.6 is 24.0 Å². The van der Waals surface area contributed by atoms with Crippen LogP contribution in [0.2, 0.25) is 0 Å². The molecule has 1 aliphatic heterocycles. The Morgan fingerprint density at radius 2 is 1.74 bits per heavy atom. The highest BCUT2D eigenvalue weighted by atomic mass is 32.2. The van der Waals surface area contributed by atoms with E-state index in [0.717, 1.165) is 39.0 Å². The van der Waals surface area contributed by atoms with Crippen molar-refractivity contribution < 1.29 is 19.1 Å². The number of hydrazine groups is 1. The summed E-state index contributed by atoms with van der Waals surface area (Å²) in [6.07, 6.45) is 1.72. The van der Waals surface area contributed by atoms with E-state index in [9.17, 15) is 9.59 Å². The molecule has 0 bridgehead atoms. The van der Waals surface area contributed by atoms with E-state index in [1.165, 1.54) is 0 Å². The van der Waals surface area contributed by atoms with E-state index in [0.29, 0.717) is 28.6 Å². The Kier molecular flexibility index (Phi) is 7.53. The maximum absolute atomic E-state index is 13.0. The van der Waals surface area contributed by atoms with Gasteiger partial charge in [0.15, 0.2) is 15.8 Å². The topological polar surface area (TPSA) is 67.9 Å². The highest BCUT2D eigenvalue weighted by Gasteiger charge is 2.34. The molecule has 0 radical (unpaired) electrons. The number of methoxy groups -OCH3 is 1. The third-order valence-electron chi connectivity index (χ3n) is 5.53. The van der Waals surface area contributed by atoms with Gasteiger partial charge in [0.1, 0.15) is 6.61 Å². The smallest absolute Gasteiger partial charge is 0.285 e. The van der Waals surface area contributed by atoms with Gasteiger partial charge in [-0.3, -0.25) is 15.0 Å². The lowest BCUT2D eigenvalue weighted by atomic mass is 10.1. The van der Waals surface area contributed by atoms with Crippen molar-refractivity contribution in [2.45, 2.75) is 20.5 Å². The fourth-order valence-electron chi connectivity index (χ4n) is 3.53. The summed E-state index contributed by atoms with van der Waals surface area (Å²) < 4.78 is 11.7. The number of thiocarbonyl (C=S) groups is 1. The first-order chi connectivity index (χ1) is 16.9. The fourth-order valence-corrected chi connectivity index (χ4v) is 4.71. The number of nitrogens with one attached hydrogen (secondary N) is 1. The number of carbonyl (C=O) groups excluding carboxylic acids is 2. The van der Waals surface area contributed by atoms with Gasteiger partial charge in [0.2, 0.25) is 0 Å². The quantitative estimate of drug-likeness (QED) is 0.342. The summed E-state index contributed by atoms with van der Waals surface area (Å²) in [5.41, 5.74) is 6.90. The third-order valence-corrected chi connectivity index (χ3v) is 6.83. The highest BCUT2D eigenvalue weighted by molar-refractivity contribution is 8.26. The van der Waals surface area contributed by atoms with E-state index < -0.39 is 5.91 Å². The zero-order valence-corrected chi connectivity index (χ0v) is 21.2. The van der Waals surface area contributed by atoms with E-state index in [4.69, 9.17) is 21.7 Å². The van der Waals surface area contributed by atoms with Gasteiger partial charge >= 0.3 is 0 Å². The number of amides is 2. The van der Waals surface area contributed by atoms with Crippen LogP contribution in [0.4, 0.5) is 0 Å². The van der Waals surface area contributed by atoms with Gasteiger partial charge in [0.25, 0.3) is 11.8 Å². The highest BCUT2D eigenvalue weighted by Crippen LogP contribution is 2.34. The molecule has 0 aliphatic carbocycles. The molecule has 3 aromatic carbocycles. The molecule has 3 aromatic rings. The zero-order valence-electron chi connectivity index (χ0n) is 19.5. The van der Waals surface area contributed by atoms with Crippen molar-refractivity contribution >= 4 is 46.2 Å². The Bertz CT molecular complexity index is 1340. The Labute approximate surface area is 213 Å². The van der Waals surface area contributed by atoms with Gasteiger partial charge in [0.05, 0.1) is 12.0 Å². The Balaban J connectivity index is 1.48. The predicted octanol–water partition coefficient (Wildman–Crippen LogP) is 5.44. The van der Waals surface area contributed by atoms with E-state index in [1.54, 1.807) is 31.4 Å². The van der Waals surface area contributed by atoms with Crippen LogP contribution in [-0.4, -0.2) is 28.3 Å². The minimum atomic E-state index is -0.391. The van der Waals surface area contributed by atoms with Crippen molar-refractivity contribution in [2.75, 3.05) is 7.11 Å². The molecule has 0 saturated carbocycles. The van der Waals surface area contributed by atoms with Crippen molar-refractivity contribution in [3.63, 3.8) is 0 Å². The van der Waals surface area contributed by atoms with Crippen molar-refractivity contribution in [1.82, 2.24) is 10.4 Å². The number of nitrogens with zero attached hydrogens (tertiary/aromatic N) is 1. The molecule has 1 N–H and O–H groups in total. The summed E-state index contributed by atoms with van der Waals surface area (Å²) in [7, 11) is 1.57. The van der Waals surface area contributed by atoms with E-state index >= 15 is 0 Å². The molecule has 1 heterocycles. The average molecular weight is 505 g/mol. The number of rotatable bonds is 7. The standard InChI is InChI=1S/C27H24N2O4S2/c1-17-8-4-6-10-20(17)16-33-22-13-12-19(14-23(22)32-3)15-24-26(31)29(27(34)35-24)28-25(30)21-11-7-5-9-18(21)2/h4-15H,16H2,1-3H3,(H,28,30)/b24-15-. The first kappa shape index (κ1) is 24.5. The molecular weight excluding hydrogens is 480 g/mol. The minimum absolute atomic E-state index is 0.258. The van der Waals surface area contributed by atoms with E-state index in [1.807, 2.05) is 62.4 Å². The van der Waals surface area contributed by atoms with Crippen molar-refractivity contribution in [1.29, 1.82) is 0 Å². The third kappa shape index (κ3) is 5.55. The predicted molar refractivity (Wildman–Crippen MR) is 142 cm³/mol. The molecule has 0 spiro atoms. The van der Waals surface area contributed by atoms with Crippen LogP contribution in [0, 0.1) is 13.8 Å². The summed E-state index contributed by atoms with van der Waals surface area (Å²) in [6.45, 7) is 4.29. The Hall–Kier alpha value is -3.62. The van der Waals surface area contributed by atoms with Crippen LogP contribution in [0.15, 0.2) is 71.6 Å². The number of hydrogen-bond acceptors (Lipinski definition) is 6. The minimum Gasteiger partial charge on any atom is -0.493 e. The van der Waals surface area contributed by atoms with Crippen LogP contribution in [0.1, 0.15) is 32.6 Å². The summed E-state index contributed by atoms with van der Waals surface area (Å²) in [6, 6.07) is 20.6. The molecule has 178 valence electrons. The normalized spacial score (nSPS) is 14.4. The van der Waals surface area contributed by atoms with Crippen molar-refractivity contribution in [3.8, 4) is 11.5 Å². The van der Waals surface area contributed by atoms with E-state index in [2.05, 4.69) is 5.43 Å². The SMILES string of the molecule is COc1cc(/C=C2\SC(=S)N(NC(=O)c3ccccc3C)C2=O)ccc1OCc1ccccc1C. The summed E-state index contributed by atoms with van der Waals surface area (Å²) >= 11 is 6.47. The van der Waals surface area contributed by atoms with Gasteiger partial charge in [-0.25, -0.2) is 0 Å². The van der Waals surface area contributed by atoms with Crippen LogP contribution in [0.25, 0.3) is 6.08 Å². The first-order valence-corrected chi connectivity index (χ1v) is 12.1. The second-order valence-electron chi connectivity index (χ2n) is 7.90. The molecule has 8 heteroatoms. The number of hydrogen-bond donors (Lipinski definition) is 1. The van der Waals surface area contributed by atoms with Crippen molar-refractivity contribution in [3.05, 3.63) is 99.5 Å². The lowest BCUT2D eigenvalue weighted by Gasteiger charge is -2.16. The van der Waals surface area contributed by atoms with E-state index in [-0.39, 0.29) is 10.2 Å². The molecule has 1 aliphatic rings. The maximum Gasteiger partial charge on any atom is 0.285 e. The molecule has 0 unspecified atom stereocenters. The lowest BCUT2D eigenvalue weighted by molar-refractivity contribution is -0.123. The summed E-state index contributed by atoms with van der Waals surface area (Å²) in [4.78, 5) is 26.0. The first-order valence-electron chi connectivity index (χ1n) is 10.9. The fraction of sp³-hybridized carbons (Fsp3) is 0.148. The lowest BCUT2D eigenvalue weighted by Crippen LogP contribution is -2.45. The molecule has 1 fully saturated rings. The second kappa shape index (κ2) is 10.8. The largest absolute Gasteiger partial charge is 0.493 e. The number of benzene rings is 3. The van der Waals surface area contributed by atoms with Crippen LogP contribution in [0.3, 0.4) is 0 Å². The average Bonchev–Trinajstić information content (AvgIpc) is 3.11. The van der Waals surface area contributed by atoms with Gasteiger partial charge in [-0.15, -0.1) is 0 Å². The van der Waals surface area contributed by atoms with Gasteiger partial charge in [-0.1, -0.05) is 60.3 Å². The zero-order chi connectivity index (χ0) is 24.9. The van der Waals surface area contributed by atoms with Crippen molar-refractivity contribution in [2.24, 2.45) is 0 Å². The van der Waals surface area contributed by atoms with Crippen LogP contribution in [0.5, 0.6) is 11.5 Å². The number of carbonyl (C=O) groups is 2. The number of thioether (sulfide) groups is 1. The molecule has 4 rings (SSSR count). The molecule has 6 nitrogen and oxygen atoms in total. The van der Waals surface area contributed by atoms with Gasteiger partial charge in [-0.2, -0.15) is 5.01 Å². The van der Waals surface area contributed by atoms with Crippen LogP contribution in [-0.2, 0) is 11.4 Å². The summed E-state index contributed by atoms with van der Waals surface area (Å²) in [5.74, 6) is 0.375. The van der Waals surface area contributed by atoms with Gasteiger partial charge in [-0.05, 0) is 72.6 Å². The molecule has 35 heavy (non-hydrogen) atoms. The van der Waals surface area contributed by atoms with Crippen LogP contribution < -0.4 is 14.9 Å². The molecule has 0 atom stereocenters. The number of ether oxygens (including phenoxy) is 2. The number of aryl methyl sites for hydroxylation is 2. The van der Waals surface area contributed by atoms with Gasteiger partial charge in [0, 0.05) is 5.56 Å². The van der Waals surface area contributed by atoms with Gasteiger partial charge < -0.3 is 9.47 Å². The molecule has 2 amide bonds.